The zero-order chi connectivity index (χ0) is 20.4. The van der Waals surface area contributed by atoms with Gasteiger partial charge in [-0.05, 0) is 24.3 Å². The molecule has 0 saturated heterocycles. The summed E-state index contributed by atoms with van der Waals surface area (Å²) in [5.74, 6) is 0. The van der Waals surface area contributed by atoms with Crippen LogP contribution >= 0.6 is 46.4 Å². The summed E-state index contributed by atoms with van der Waals surface area (Å²) in [4.78, 5) is 0. The Kier molecular flexibility index (Phi) is 5.94. The average Bonchev–Trinajstić information content (AvgIpc) is 2.69. The van der Waals surface area contributed by atoms with Gasteiger partial charge in [-0.25, -0.2) is 0 Å². The van der Waals surface area contributed by atoms with Gasteiger partial charge >= 0.3 is 0 Å². The zero-order valence-corrected chi connectivity index (χ0v) is 18.4. The molecule has 0 fully saturated rings. The van der Waals surface area contributed by atoms with E-state index in [1.165, 1.54) is 0 Å². The van der Waals surface area contributed by atoms with E-state index < -0.39 is 6.15 Å². The maximum atomic E-state index is 6.44. The van der Waals surface area contributed by atoms with E-state index in [0.717, 1.165) is 21.9 Å². The van der Waals surface area contributed by atoms with Crippen LogP contribution in [-0.2, 0) is 0 Å². The highest BCUT2D eigenvalue weighted by molar-refractivity contribution is 7.20. The number of rotatable bonds is 4. The smallest absolute Gasteiger partial charge is 0.108 e. The van der Waals surface area contributed by atoms with Gasteiger partial charge in [-0.1, -0.05) is 119 Å². The van der Waals surface area contributed by atoms with E-state index in [2.05, 4.69) is 24.3 Å². The van der Waals surface area contributed by atoms with E-state index in [1.807, 2.05) is 72.8 Å². The molecule has 0 aliphatic carbocycles. The van der Waals surface area contributed by atoms with Crippen LogP contribution in [0.25, 0.3) is 0 Å². The summed E-state index contributed by atoms with van der Waals surface area (Å²) in [5, 5.41) is 2.67. The predicted octanol–water partition coefficient (Wildman–Crippen LogP) is 5.68. The van der Waals surface area contributed by atoms with Crippen molar-refractivity contribution in [2.24, 2.45) is 0 Å². The standard InChI is InChI=1S/C24H16BCl4/c26-21-9-1-5-17(13-21)25(18-6-2-10-22(27)14-18,19-7-3-11-23(28)15-19)20-8-4-12-24(29)16-20/h1-16H/q-1. The Hall–Kier alpha value is -1.90. The average molecular weight is 457 g/mol. The molecule has 0 bridgehead atoms. The lowest BCUT2D eigenvalue weighted by atomic mass is 9.13. The molecule has 0 spiro atoms. The first kappa shape index (κ1) is 20.4. The van der Waals surface area contributed by atoms with Crippen LogP contribution in [0.1, 0.15) is 0 Å². The van der Waals surface area contributed by atoms with E-state index in [4.69, 9.17) is 46.4 Å². The molecule has 5 heteroatoms. The van der Waals surface area contributed by atoms with Crippen molar-refractivity contribution >= 4 is 74.4 Å². The van der Waals surface area contributed by atoms with Crippen LogP contribution < -0.4 is 21.9 Å². The molecule has 0 amide bonds. The molecule has 4 rings (SSSR count). The van der Waals surface area contributed by atoms with Gasteiger partial charge in [-0.2, -0.15) is 21.9 Å². The zero-order valence-electron chi connectivity index (χ0n) is 15.3. The van der Waals surface area contributed by atoms with Crippen LogP contribution in [-0.4, -0.2) is 6.15 Å². The Balaban J connectivity index is 2.19. The van der Waals surface area contributed by atoms with Crippen LogP contribution in [0.4, 0.5) is 0 Å². The highest BCUT2D eigenvalue weighted by Gasteiger charge is 2.32. The number of hydrogen-bond acceptors (Lipinski definition) is 0. The molecule has 0 saturated carbocycles. The topological polar surface area (TPSA) is 0 Å². The molecular formula is C24H16BCl4-. The van der Waals surface area contributed by atoms with E-state index in [9.17, 15) is 0 Å². The second-order valence-electron chi connectivity index (χ2n) is 7.09. The molecule has 0 aromatic heterocycles. The molecule has 0 atom stereocenters. The van der Waals surface area contributed by atoms with Crippen LogP contribution in [0.15, 0.2) is 97.1 Å². The molecule has 4 aromatic rings. The number of hydrogen-bond donors (Lipinski definition) is 0. The Labute approximate surface area is 190 Å². The van der Waals surface area contributed by atoms with Crippen molar-refractivity contribution in [2.45, 2.75) is 0 Å². The van der Waals surface area contributed by atoms with Gasteiger partial charge in [0.15, 0.2) is 0 Å². The third kappa shape index (κ3) is 3.93. The van der Waals surface area contributed by atoms with Gasteiger partial charge in [0.05, 0.1) is 0 Å². The Morgan fingerprint density at radius 2 is 0.621 bits per heavy atom. The van der Waals surface area contributed by atoms with Crippen molar-refractivity contribution in [1.29, 1.82) is 0 Å². The summed E-state index contributed by atoms with van der Waals surface area (Å²) >= 11 is 25.8. The van der Waals surface area contributed by atoms with Crippen molar-refractivity contribution in [3.8, 4) is 0 Å². The maximum Gasteiger partial charge on any atom is 0.108 e. The minimum atomic E-state index is -1.63. The molecule has 144 valence electrons. The van der Waals surface area contributed by atoms with Crippen LogP contribution in [0, 0.1) is 0 Å². The second kappa shape index (κ2) is 8.46. The number of halogens is 4. The SMILES string of the molecule is Clc1cccc([B-](c2cccc(Cl)c2)(c2cccc(Cl)c2)c2cccc(Cl)c2)c1. The van der Waals surface area contributed by atoms with E-state index in [0.29, 0.717) is 20.1 Å². The van der Waals surface area contributed by atoms with E-state index in [1.54, 1.807) is 0 Å². The predicted molar refractivity (Wildman–Crippen MR) is 130 cm³/mol. The molecule has 0 nitrogen and oxygen atoms in total. The fourth-order valence-corrected chi connectivity index (χ4v) is 5.05. The first-order valence-corrected chi connectivity index (χ1v) is 10.7. The molecular weight excluding hydrogens is 441 g/mol. The lowest BCUT2D eigenvalue weighted by Gasteiger charge is -2.44. The van der Waals surface area contributed by atoms with Gasteiger partial charge in [0.2, 0.25) is 0 Å². The first-order valence-electron chi connectivity index (χ1n) is 9.20. The van der Waals surface area contributed by atoms with Gasteiger partial charge in [0.25, 0.3) is 0 Å². The molecule has 0 unspecified atom stereocenters. The monoisotopic (exact) mass is 455 g/mol. The molecule has 0 aliphatic heterocycles. The number of benzene rings is 4. The van der Waals surface area contributed by atoms with Gasteiger partial charge in [0.1, 0.15) is 6.15 Å². The Bertz CT molecular complexity index is 985. The van der Waals surface area contributed by atoms with E-state index in [-0.39, 0.29) is 0 Å². The van der Waals surface area contributed by atoms with Crippen LogP contribution in [0.5, 0.6) is 0 Å². The summed E-state index contributed by atoms with van der Waals surface area (Å²) in [6, 6.07) is 31.7. The summed E-state index contributed by atoms with van der Waals surface area (Å²) < 4.78 is 0. The fraction of sp³-hybridized carbons (Fsp3) is 0. The van der Waals surface area contributed by atoms with E-state index >= 15 is 0 Å². The molecule has 0 heterocycles. The molecule has 29 heavy (non-hydrogen) atoms. The van der Waals surface area contributed by atoms with Crippen molar-refractivity contribution in [3.63, 3.8) is 0 Å². The minimum Gasteiger partial charge on any atom is -0.194 e. The third-order valence-electron chi connectivity index (χ3n) is 5.39. The van der Waals surface area contributed by atoms with Crippen molar-refractivity contribution < 1.29 is 0 Å². The normalized spacial score (nSPS) is 11.4. The molecule has 0 N–H and O–H groups in total. The highest BCUT2D eigenvalue weighted by atomic mass is 35.5. The summed E-state index contributed by atoms with van der Waals surface area (Å²) in [7, 11) is 0. The second-order valence-corrected chi connectivity index (χ2v) is 8.83. The van der Waals surface area contributed by atoms with Gasteiger partial charge in [-0.15, -0.1) is 0 Å². The van der Waals surface area contributed by atoms with Gasteiger partial charge < -0.3 is 0 Å². The summed E-state index contributed by atoms with van der Waals surface area (Å²) in [6.07, 6.45) is -1.63. The van der Waals surface area contributed by atoms with Gasteiger partial charge in [0, 0.05) is 20.1 Å². The lowest BCUT2D eigenvalue weighted by Crippen LogP contribution is -2.74. The lowest BCUT2D eigenvalue weighted by molar-refractivity contribution is 1.66. The Morgan fingerprint density at radius 1 is 0.379 bits per heavy atom. The van der Waals surface area contributed by atoms with Crippen molar-refractivity contribution in [2.75, 3.05) is 0 Å². The molecule has 4 aromatic carbocycles. The van der Waals surface area contributed by atoms with Crippen LogP contribution in [0.2, 0.25) is 20.1 Å². The largest absolute Gasteiger partial charge is 0.194 e. The van der Waals surface area contributed by atoms with Gasteiger partial charge in [-0.3, -0.25) is 0 Å². The molecule has 0 radical (unpaired) electrons. The quantitative estimate of drug-likeness (QED) is 0.347. The summed E-state index contributed by atoms with van der Waals surface area (Å²) in [5.41, 5.74) is 4.24. The highest BCUT2D eigenvalue weighted by Crippen LogP contribution is 2.18. The van der Waals surface area contributed by atoms with Crippen molar-refractivity contribution in [3.05, 3.63) is 117 Å². The minimum absolute atomic E-state index is 0.667. The molecule has 0 aliphatic rings. The Morgan fingerprint density at radius 3 is 0.828 bits per heavy atom. The van der Waals surface area contributed by atoms with Crippen molar-refractivity contribution in [1.82, 2.24) is 0 Å². The third-order valence-corrected chi connectivity index (χ3v) is 6.34. The fourth-order valence-electron chi connectivity index (χ4n) is 4.26. The maximum absolute atomic E-state index is 6.44. The van der Waals surface area contributed by atoms with Crippen LogP contribution in [0.3, 0.4) is 0 Å². The first-order chi connectivity index (χ1) is 14.0. The summed E-state index contributed by atoms with van der Waals surface area (Å²) in [6.45, 7) is 0.